The summed E-state index contributed by atoms with van der Waals surface area (Å²) < 4.78 is 0. The van der Waals surface area contributed by atoms with Crippen LogP contribution in [-0.4, -0.2) is 50.8 Å². The van der Waals surface area contributed by atoms with Crippen LogP contribution in [0.15, 0.2) is 72.8 Å². The van der Waals surface area contributed by atoms with Gasteiger partial charge in [-0.2, -0.15) is 0 Å². The number of hydrogen-bond donors (Lipinski definition) is 3. The summed E-state index contributed by atoms with van der Waals surface area (Å²) in [6.45, 7) is 0. The van der Waals surface area contributed by atoms with E-state index in [1.807, 2.05) is 0 Å². The minimum Gasteiger partial charge on any atom is -0.508 e. The number of phenolic OH excluding ortho intramolecular Hbond substituents is 3. The van der Waals surface area contributed by atoms with Crippen molar-refractivity contribution in [3.05, 3.63) is 72.8 Å². The monoisotopic (exact) mass is 567 g/mol. The van der Waals surface area contributed by atoms with Crippen LogP contribution in [0.1, 0.15) is 6.42 Å². The van der Waals surface area contributed by atoms with E-state index in [-0.39, 0.29) is 34.3 Å². The highest BCUT2D eigenvalue weighted by Crippen LogP contribution is 2.66. The van der Waals surface area contributed by atoms with Gasteiger partial charge in [-0.15, -0.1) is 0 Å². The van der Waals surface area contributed by atoms with Crippen molar-refractivity contribution < 1.29 is 44.1 Å². The van der Waals surface area contributed by atoms with Crippen LogP contribution in [0.3, 0.4) is 0 Å². The Morgan fingerprint density at radius 1 is 0.500 bits per heavy atom. The highest BCUT2D eigenvalue weighted by molar-refractivity contribution is 6.34. The van der Waals surface area contributed by atoms with Crippen LogP contribution in [-0.2, 0) is 28.8 Å². The summed E-state index contributed by atoms with van der Waals surface area (Å²) in [7, 11) is 0. The van der Waals surface area contributed by atoms with Gasteiger partial charge >= 0.3 is 0 Å². The Morgan fingerprint density at radius 2 is 0.833 bits per heavy atom. The van der Waals surface area contributed by atoms with E-state index < -0.39 is 71.0 Å². The molecule has 4 aliphatic rings. The number of carbonyl (C=O) groups is 6. The summed E-state index contributed by atoms with van der Waals surface area (Å²) in [6.07, 6.45) is -0.597. The van der Waals surface area contributed by atoms with Gasteiger partial charge in [0.15, 0.2) is 0 Å². The van der Waals surface area contributed by atoms with Crippen LogP contribution in [0.25, 0.3) is 0 Å². The summed E-state index contributed by atoms with van der Waals surface area (Å²) in [5, 5.41) is 29.2. The molecule has 1 saturated carbocycles. The van der Waals surface area contributed by atoms with Gasteiger partial charge in [0.1, 0.15) is 17.2 Å². The van der Waals surface area contributed by atoms with E-state index in [9.17, 15) is 44.1 Å². The standard InChI is InChI=1S/C30H21N3O9/c34-17-7-1-14(2-8-17)31-20(37)13-30(29(31)42)23-21(25(38)32(27(23)40)15-3-9-18(35)10-4-15)22-24(30)28(41)33(26(22)39)16-5-11-19(36)12-6-16/h1-12,21-24,34-36H,13H2. The first-order valence-corrected chi connectivity index (χ1v) is 13.1. The molecule has 1 aliphatic carbocycles. The zero-order chi connectivity index (χ0) is 29.7. The van der Waals surface area contributed by atoms with Gasteiger partial charge in [-0.1, -0.05) is 0 Å². The third-order valence-electron chi connectivity index (χ3n) is 8.82. The Bertz CT molecular complexity index is 1590. The first-order chi connectivity index (χ1) is 20.1. The molecule has 4 unspecified atom stereocenters. The molecule has 3 heterocycles. The number of nitrogens with zero attached hydrogens (tertiary/aromatic N) is 3. The van der Waals surface area contributed by atoms with Crippen LogP contribution in [0.4, 0.5) is 17.1 Å². The summed E-state index contributed by atoms with van der Waals surface area (Å²) >= 11 is 0. The second-order valence-corrected chi connectivity index (χ2v) is 10.8. The van der Waals surface area contributed by atoms with E-state index in [1.165, 1.54) is 72.8 Å². The largest absolute Gasteiger partial charge is 0.508 e. The molecule has 3 aromatic carbocycles. The lowest BCUT2D eigenvalue weighted by molar-refractivity contribution is -0.141. The first kappa shape index (κ1) is 25.4. The van der Waals surface area contributed by atoms with E-state index >= 15 is 0 Å². The van der Waals surface area contributed by atoms with Gasteiger partial charge in [0.2, 0.25) is 35.4 Å². The van der Waals surface area contributed by atoms with E-state index in [4.69, 9.17) is 0 Å². The fourth-order valence-corrected chi connectivity index (χ4v) is 7.17. The van der Waals surface area contributed by atoms with Crippen molar-refractivity contribution in [2.45, 2.75) is 6.42 Å². The lowest BCUT2D eigenvalue weighted by Gasteiger charge is -2.32. The number of carbonyl (C=O) groups excluding carboxylic acids is 6. The van der Waals surface area contributed by atoms with Crippen molar-refractivity contribution in [2.75, 3.05) is 14.7 Å². The topological polar surface area (TPSA) is 173 Å². The molecule has 3 N–H and O–H groups in total. The third-order valence-corrected chi connectivity index (χ3v) is 8.82. The highest BCUT2D eigenvalue weighted by atomic mass is 16.3. The minimum atomic E-state index is -2.04. The smallest absolute Gasteiger partial charge is 0.242 e. The molecule has 1 spiro atoms. The maximum Gasteiger partial charge on any atom is 0.242 e. The zero-order valence-electron chi connectivity index (χ0n) is 21.6. The van der Waals surface area contributed by atoms with Crippen molar-refractivity contribution in [1.82, 2.24) is 0 Å². The van der Waals surface area contributed by atoms with Gasteiger partial charge < -0.3 is 15.3 Å². The summed E-state index contributed by atoms with van der Waals surface area (Å²) in [5.41, 5.74) is -1.74. The van der Waals surface area contributed by atoms with Crippen LogP contribution in [0.2, 0.25) is 0 Å². The quantitative estimate of drug-likeness (QED) is 0.398. The lowest BCUT2D eigenvalue weighted by Crippen LogP contribution is -2.49. The minimum absolute atomic E-state index is 0.0963. The number of benzene rings is 3. The molecular weight excluding hydrogens is 546 g/mol. The predicted molar refractivity (Wildman–Crippen MR) is 143 cm³/mol. The summed E-state index contributed by atoms with van der Waals surface area (Å²) in [4.78, 5) is 86.6. The van der Waals surface area contributed by atoms with Crippen molar-refractivity contribution in [3.8, 4) is 17.2 Å². The number of anilines is 3. The van der Waals surface area contributed by atoms with Crippen LogP contribution >= 0.6 is 0 Å². The Kier molecular flexibility index (Phi) is 5.15. The molecule has 7 rings (SSSR count). The van der Waals surface area contributed by atoms with Crippen molar-refractivity contribution in [1.29, 1.82) is 0 Å². The molecule has 12 nitrogen and oxygen atoms in total. The molecule has 12 heteroatoms. The maximum absolute atomic E-state index is 14.4. The Balaban J connectivity index is 1.40. The van der Waals surface area contributed by atoms with Gasteiger partial charge in [-0.05, 0) is 72.8 Å². The summed E-state index contributed by atoms with van der Waals surface area (Å²) in [6, 6.07) is 15.7. The molecular formula is C30H21N3O9. The third kappa shape index (κ3) is 3.11. The van der Waals surface area contributed by atoms with Crippen molar-refractivity contribution >= 4 is 52.5 Å². The zero-order valence-corrected chi connectivity index (χ0v) is 21.6. The average molecular weight is 568 g/mol. The molecule has 210 valence electrons. The fourth-order valence-electron chi connectivity index (χ4n) is 7.17. The number of aromatic hydroxyl groups is 3. The first-order valence-electron chi connectivity index (χ1n) is 13.1. The van der Waals surface area contributed by atoms with E-state index in [0.29, 0.717) is 0 Å². The molecule has 0 bridgehead atoms. The molecule has 3 saturated heterocycles. The lowest BCUT2D eigenvalue weighted by atomic mass is 9.69. The van der Waals surface area contributed by atoms with Gasteiger partial charge in [0, 0.05) is 6.42 Å². The Morgan fingerprint density at radius 3 is 1.19 bits per heavy atom. The molecule has 4 atom stereocenters. The van der Waals surface area contributed by atoms with E-state index in [2.05, 4.69) is 0 Å². The number of amides is 6. The van der Waals surface area contributed by atoms with Crippen LogP contribution in [0.5, 0.6) is 17.2 Å². The van der Waals surface area contributed by atoms with Crippen LogP contribution < -0.4 is 14.7 Å². The molecule has 0 aromatic heterocycles. The normalized spacial score (nSPS) is 28.4. The predicted octanol–water partition coefficient (Wildman–Crippen LogP) is 1.68. The SMILES string of the molecule is O=C1CC2(C(=O)N1c1ccc(O)cc1)C1C(=O)N(c3ccc(O)cc3)C(=O)C1C1C(=O)N(c3ccc(O)cc3)C(=O)C12. The molecule has 6 amide bonds. The second kappa shape index (κ2) is 8.49. The van der Waals surface area contributed by atoms with Crippen molar-refractivity contribution in [3.63, 3.8) is 0 Å². The molecule has 3 aromatic rings. The molecule has 42 heavy (non-hydrogen) atoms. The number of phenols is 3. The molecule has 4 fully saturated rings. The van der Waals surface area contributed by atoms with Gasteiger partial charge in [-0.3, -0.25) is 33.7 Å². The van der Waals surface area contributed by atoms with Crippen LogP contribution in [0, 0.1) is 29.1 Å². The molecule has 0 radical (unpaired) electrons. The van der Waals surface area contributed by atoms with E-state index in [0.717, 1.165) is 14.7 Å². The maximum atomic E-state index is 14.4. The average Bonchev–Trinajstić information content (AvgIpc) is 3.59. The fraction of sp³-hybridized carbons (Fsp3) is 0.200. The van der Waals surface area contributed by atoms with Gasteiger partial charge in [-0.25, -0.2) is 9.80 Å². The number of rotatable bonds is 3. The highest BCUT2D eigenvalue weighted by Gasteiger charge is 2.81. The molecule has 3 aliphatic heterocycles. The number of fused-ring (bicyclic) bond motifs is 5. The number of imide groups is 3. The Hall–Kier alpha value is -5.52. The van der Waals surface area contributed by atoms with Gasteiger partial charge in [0.25, 0.3) is 0 Å². The van der Waals surface area contributed by atoms with Crippen molar-refractivity contribution in [2.24, 2.45) is 29.1 Å². The summed E-state index contributed by atoms with van der Waals surface area (Å²) in [5.74, 6) is -11.0. The number of hydrogen-bond acceptors (Lipinski definition) is 9. The Labute approximate surface area is 237 Å². The second-order valence-electron chi connectivity index (χ2n) is 10.8. The van der Waals surface area contributed by atoms with Gasteiger partial charge in [0.05, 0.1) is 46.1 Å². The van der Waals surface area contributed by atoms with E-state index in [1.54, 1.807) is 0 Å².